The third kappa shape index (κ3) is 7.08. The van der Waals surface area contributed by atoms with E-state index >= 15 is 0 Å². The highest BCUT2D eigenvalue weighted by atomic mass is 19.4. The molecule has 0 radical (unpaired) electrons. The number of aliphatic imine (C=N–C) groups is 1. The van der Waals surface area contributed by atoms with Crippen molar-refractivity contribution >= 4 is 12.1 Å². The van der Waals surface area contributed by atoms with E-state index in [2.05, 4.69) is 15.2 Å². The Kier molecular flexibility index (Phi) is 8.00. The molecule has 2 saturated heterocycles. The Labute approximate surface area is 158 Å². The molecule has 27 heavy (non-hydrogen) atoms. The molecule has 1 unspecified atom stereocenters. The number of nitrogens with zero attached hydrogens (tertiary/aromatic N) is 4. The van der Waals surface area contributed by atoms with Gasteiger partial charge in [0.05, 0.1) is 13.2 Å². The second-order valence-corrected chi connectivity index (χ2v) is 6.87. The number of hydrogen-bond donors (Lipinski definition) is 1. The lowest BCUT2D eigenvalue weighted by Gasteiger charge is -2.36. The van der Waals surface area contributed by atoms with E-state index in [1.807, 2.05) is 6.92 Å². The molecule has 0 bridgehead atoms. The number of hydrogen-bond acceptors (Lipinski definition) is 4. The summed E-state index contributed by atoms with van der Waals surface area (Å²) in [4.78, 5) is 21.6. The first-order valence-corrected chi connectivity index (χ1v) is 9.56. The molecule has 10 heteroatoms. The first-order chi connectivity index (χ1) is 12.8. The third-order valence-corrected chi connectivity index (χ3v) is 4.71. The third-order valence-electron chi connectivity index (χ3n) is 4.71. The highest BCUT2D eigenvalue weighted by Crippen LogP contribution is 2.23. The Morgan fingerprint density at radius 3 is 2.41 bits per heavy atom. The lowest BCUT2D eigenvalue weighted by atomic mass is 10.1. The molecule has 1 atom stereocenters. The van der Waals surface area contributed by atoms with Crippen molar-refractivity contribution in [2.45, 2.75) is 26.4 Å². The van der Waals surface area contributed by atoms with Crippen molar-refractivity contribution in [3.8, 4) is 0 Å². The predicted octanol–water partition coefficient (Wildman–Crippen LogP) is 1.61. The number of piperazine rings is 1. The van der Waals surface area contributed by atoms with Crippen molar-refractivity contribution < 1.29 is 22.7 Å². The van der Waals surface area contributed by atoms with Gasteiger partial charge in [0.15, 0.2) is 5.96 Å². The highest BCUT2D eigenvalue weighted by molar-refractivity contribution is 5.80. The van der Waals surface area contributed by atoms with E-state index in [0.717, 1.165) is 12.4 Å². The fourth-order valence-corrected chi connectivity index (χ4v) is 3.42. The van der Waals surface area contributed by atoms with Crippen LogP contribution in [-0.2, 0) is 4.74 Å². The smallest absolute Gasteiger partial charge is 0.409 e. The maximum atomic E-state index is 12.5. The van der Waals surface area contributed by atoms with Gasteiger partial charge in [-0.25, -0.2) is 4.79 Å². The monoisotopic (exact) mass is 393 g/mol. The molecule has 0 aliphatic carbocycles. The van der Waals surface area contributed by atoms with Crippen LogP contribution in [0.15, 0.2) is 4.99 Å². The standard InChI is InChI=1S/C17H30F3N5O2/c1-3-21-15(24-7-9-25(10-8-24)16(26)27-4-2)22-11-14-5-6-23(12-14)13-17(18,19)20/h14H,3-13H2,1-2H3,(H,21,22). The maximum absolute atomic E-state index is 12.5. The maximum Gasteiger partial charge on any atom is 0.409 e. The van der Waals surface area contributed by atoms with Gasteiger partial charge in [-0.05, 0) is 32.7 Å². The Balaban J connectivity index is 1.84. The second kappa shape index (κ2) is 10.0. The van der Waals surface area contributed by atoms with E-state index in [0.29, 0.717) is 59.0 Å². The van der Waals surface area contributed by atoms with Gasteiger partial charge < -0.3 is 19.9 Å². The lowest BCUT2D eigenvalue weighted by molar-refractivity contribution is -0.143. The van der Waals surface area contributed by atoms with Crippen molar-refractivity contribution in [1.82, 2.24) is 20.0 Å². The molecule has 1 amide bonds. The SMILES string of the molecule is CCNC(=NCC1CCN(CC(F)(F)F)C1)N1CCN(C(=O)OCC)CC1. The molecule has 2 heterocycles. The molecule has 0 spiro atoms. The summed E-state index contributed by atoms with van der Waals surface area (Å²) in [5, 5.41) is 3.24. The van der Waals surface area contributed by atoms with Crippen LogP contribution in [-0.4, -0.2) is 98.4 Å². The Bertz CT molecular complexity index is 507. The molecule has 0 saturated carbocycles. The van der Waals surface area contributed by atoms with Crippen LogP contribution in [0.2, 0.25) is 0 Å². The second-order valence-electron chi connectivity index (χ2n) is 6.87. The van der Waals surface area contributed by atoms with E-state index in [1.165, 1.54) is 4.90 Å². The Morgan fingerprint density at radius 2 is 1.81 bits per heavy atom. The molecule has 0 aromatic rings. The molecule has 2 fully saturated rings. The molecular formula is C17H30F3N5O2. The van der Waals surface area contributed by atoms with Crippen LogP contribution in [0.1, 0.15) is 20.3 Å². The van der Waals surface area contributed by atoms with Gasteiger partial charge in [-0.2, -0.15) is 13.2 Å². The van der Waals surface area contributed by atoms with Gasteiger partial charge in [-0.3, -0.25) is 9.89 Å². The van der Waals surface area contributed by atoms with Crippen LogP contribution in [0.25, 0.3) is 0 Å². The number of carbonyl (C=O) groups is 1. The van der Waals surface area contributed by atoms with E-state index < -0.39 is 12.7 Å². The summed E-state index contributed by atoms with van der Waals surface area (Å²) < 4.78 is 42.5. The van der Waals surface area contributed by atoms with Crippen LogP contribution < -0.4 is 5.32 Å². The number of halogens is 3. The molecule has 0 aromatic heterocycles. The Morgan fingerprint density at radius 1 is 1.15 bits per heavy atom. The Hall–Kier alpha value is -1.71. The zero-order chi connectivity index (χ0) is 19.9. The van der Waals surface area contributed by atoms with E-state index in [1.54, 1.807) is 11.8 Å². The molecule has 0 aromatic carbocycles. The fraction of sp³-hybridized carbons (Fsp3) is 0.882. The number of alkyl halides is 3. The summed E-state index contributed by atoms with van der Waals surface area (Å²) in [7, 11) is 0. The van der Waals surface area contributed by atoms with Crippen molar-refractivity contribution in [2.24, 2.45) is 10.9 Å². The van der Waals surface area contributed by atoms with Crippen LogP contribution in [0.5, 0.6) is 0 Å². The van der Waals surface area contributed by atoms with Gasteiger partial charge in [0.1, 0.15) is 0 Å². The average molecular weight is 393 g/mol. The number of rotatable bonds is 5. The van der Waals surface area contributed by atoms with Crippen LogP contribution >= 0.6 is 0 Å². The topological polar surface area (TPSA) is 60.4 Å². The average Bonchev–Trinajstić information content (AvgIpc) is 3.04. The van der Waals surface area contributed by atoms with Gasteiger partial charge in [0.2, 0.25) is 0 Å². The van der Waals surface area contributed by atoms with Crippen LogP contribution in [0.3, 0.4) is 0 Å². The molecule has 2 aliphatic heterocycles. The predicted molar refractivity (Wildman–Crippen MR) is 96.7 cm³/mol. The van der Waals surface area contributed by atoms with Gasteiger partial charge in [0.25, 0.3) is 0 Å². The van der Waals surface area contributed by atoms with Crippen molar-refractivity contribution in [3.05, 3.63) is 0 Å². The molecule has 2 rings (SSSR count). The van der Waals surface area contributed by atoms with Gasteiger partial charge >= 0.3 is 12.3 Å². The van der Waals surface area contributed by atoms with E-state index in [4.69, 9.17) is 4.74 Å². The summed E-state index contributed by atoms with van der Waals surface area (Å²) in [6.07, 6.45) is -3.71. The fourth-order valence-electron chi connectivity index (χ4n) is 3.42. The first-order valence-electron chi connectivity index (χ1n) is 9.56. The molecule has 1 N–H and O–H groups in total. The van der Waals surface area contributed by atoms with Crippen molar-refractivity contribution in [3.63, 3.8) is 0 Å². The van der Waals surface area contributed by atoms with E-state index in [-0.39, 0.29) is 12.0 Å². The van der Waals surface area contributed by atoms with Gasteiger partial charge in [0, 0.05) is 45.8 Å². The number of nitrogens with one attached hydrogen (secondary N) is 1. The van der Waals surface area contributed by atoms with E-state index in [9.17, 15) is 18.0 Å². The van der Waals surface area contributed by atoms with Crippen LogP contribution in [0, 0.1) is 5.92 Å². The summed E-state index contributed by atoms with van der Waals surface area (Å²) in [6.45, 7) is 7.81. The van der Waals surface area contributed by atoms with Crippen molar-refractivity contribution in [2.75, 3.05) is 65.5 Å². The van der Waals surface area contributed by atoms with Crippen molar-refractivity contribution in [1.29, 1.82) is 0 Å². The number of likely N-dealkylation sites (tertiary alicyclic amines) is 1. The summed E-state index contributed by atoms with van der Waals surface area (Å²) >= 11 is 0. The normalized spacial score (nSPS) is 22.3. The van der Waals surface area contributed by atoms with Gasteiger partial charge in [-0.1, -0.05) is 0 Å². The molecule has 156 valence electrons. The number of ether oxygens (including phenoxy) is 1. The zero-order valence-electron chi connectivity index (χ0n) is 16.1. The minimum Gasteiger partial charge on any atom is -0.450 e. The first kappa shape index (κ1) is 21.6. The quantitative estimate of drug-likeness (QED) is 0.568. The molecular weight excluding hydrogens is 363 g/mol. The summed E-state index contributed by atoms with van der Waals surface area (Å²) in [5.74, 6) is 0.900. The lowest BCUT2D eigenvalue weighted by Crippen LogP contribution is -2.54. The zero-order valence-corrected chi connectivity index (χ0v) is 16.1. The summed E-state index contributed by atoms with van der Waals surface area (Å²) in [5.41, 5.74) is 0. The summed E-state index contributed by atoms with van der Waals surface area (Å²) in [6, 6.07) is 0. The largest absolute Gasteiger partial charge is 0.450 e. The molecule has 7 nitrogen and oxygen atoms in total. The minimum atomic E-state index is -4.15. The van der Waals surface area contributed by atoms with Gasteiger partial charge in [-0.15, -0.1) is 0 Å². The highest BCUT2D eigenvalue weighted by Gasteiger charge is 2.34. The number of guanidine groups is 1. The van der Waals surface area contributed by atoms with Crippen LogP contribution in [0.4, 0.5) is 18.0 Å². The number of carbonyl (C=O) groups excluding carboxylic acids is 1. The molecule has 2 aliphatic rings. The number of amides is 1. The minimum absolute atomic E-state index is 0.141.